The highest BCUT2D eigenvalue weighted by molar-refractivity contribution is 6.21. The number of halogens is 1. The van der Waals surface area contributed by atoms with Crippen molar-refractivity contribution >= 4 is 23.2 Å². The third-order valence-corrected chi connectivity index (χ3v) is 7.06. The van der Waals surface area contributed by atoms with Crippen LogP contribution in [0.5, 0.6) is 5.75 Å². The number of hydrogen-bond donors (Lipinski definition) is 1. The number of fused-ring (bicyclic) bond motifs is 1. The number of aliphatic imine (C=N–C) groups is 1. The van der Waals surface area contributed by atoms with Gasteiger partial charge in [-0.2, -0.15) is 0 Å². The number of para-hydroxylation sites is 1. The molecule has 1 aliphatic carbocycles. The Labute approximate surface area is 216 Å². The van der Waals surface area contributed by atoms with Crippen molar-refractivity contribution in [3.63, 3.8) is 0 Å². The van der Waals surface area contributed by atoms with Crippen molar-refractivity contribution in [1.82, 2.24) is 10.2 Å². The quantitative estimate of drug-likeness (QED) is 0.492. The predicted molar refractivity (Wildman–Crippen MR) is 141 cm³/mol. The van der Waals surface area contributed by atoms with Gasteiger partial charge in [-0.1, -0.05) is 55.7 Å². The monoisotopic (exact) mass is 499 g/mol. The van der Waals surface area contributed by atoms with E-state index in [0.29, 0.717) is 28.3 Å². The summed E-state index contributed by atoms with van der Waals surface area (Å²) in [4.78, 5) is 34.4. The van der Waals surface area contributed by atoms with E-state index in [1.165, 1.54) is 12.1 Å². The van der Waals surface area contributed by atoms with Gasteiger partial charge in [-0.25, -0.2) is 9.38 Å². The van der Waals surface area contributed by atoms with Crippen molar-refractivity contribution in [2.75, 3.05) is 7.11 Å². The summed E-state index contributed by atoms with van der Waals surface area (Å²) in [6.45, 7) is 0.195. The second kappa shape index (κ2) is 10.9. The summed E-state index contributed by atoms with van der Waals surface area (Å²) < 4.78 is 19.1. The molecule has 0 bridgehead atoms. The van der Waals surface area contributed by atoms with Crippen LogP contribution in [0.15, 0.2) is 77.8 Å². The molecule has 1 unspecified atom stereocenters. The Kier molecular flexibility index (Phi) is 7.30. The van der Waals surface area contributed by atoms with Crippen LogP contribution in [0.1, 0.15) is 53.6 Å². The van der Waals surface area contributed by atoms with Crippen molar-refractivity contribution in [2.24, 2.45) is 4.99 Å². The summed E-state index contributed by atoms with van der Waals surface area (Å²) in [7, 11) is 1.60. The molecule has 0 aromatic heterocycles. The number of benzene rings is 3. The molecule has 1 atom stereocenters. The Bertz CT molecular complexity index is 1300. The Morgan fingerprint density at radius 2 is 1.70 bits per heavy atom. The molecule has 0 saturated heterocycles. The maximum atomic E-state index is 14.0. The van der Waals surface area contributed by atoms with Crippen LogP contribution in [-0.4, -0.2) is 41.6 Å². The summed E-state index contributed by atoms with van der Waals surface area (Å²) in [6.07, 6.45) is 5.11. The third kappa shape index (κ3) is 5.40. The van der Waals surface area contributed by atoms with Crippen LogP contribution in [0, 0.1) is 5.82 Å². The highest BCUT2D eigenvalue weighted by atomic mass is 19.1. The molecule has 7 heteroatoms. The van der Waals surface area contributed by atoms with Crippen molar-refractivity contribution in [3.8, 4) is 5.75 Å². The first-order valence-electron chi connectivity index (χ1n) is 12.7. The fraction of sp³-hybridized carbons (Fsp3) is 0.300. The molecule has 1 N–H and O–H groups in total. The van der Waals surface area contributed by atoms with E-state index < -0.39 is 6.04 Å². The van der Waals surface area contributed by atoms with Gasteiger partial charge >= 0.3 is 0 Å². The summed E-state index contributed by atoms with van der Waals surface area (Å²) in [6, 6.07) is 19.5. The highest BCUT2D eigenvalue weighted by Crippen LogP contribution is 2.30. The number of amides is 2. The molecule has 1 saturated carbocycles. The SMILES string of the molecule is COc1ccc(CN2C(=O)c3ccccc3N=C(c3ccc(F)cc3)C2C(=O)NC2CCCCC2)cc1. The van der Waals surface area contributed by atoms with Crippen LogP contribution in [0.4, 0.5) is 10.1 Å². The van der Waals surface area contributed by atoms with Crippen molar-refractivity contribution in [1.29, 1.82) is 0 Å². The lowest BCUT2D eigenvalue weighted by molar-refractivity contribution is -0.124. The number of nitrogens with one attached hydrogen (secondary N) is 1. The zero-order valence-electron chi connectivity index (χ0n) is 20.8. The third-order valence-electron chi connectivity index (χ3n) is 7.06. The first-order chi connectivity index (χ1) is 18.0. The minimum atomic E-state index is -0.991. The average molecular weight is 500 g/mol. The van der Waals surface area contributed by atoms with Gasteiger partial charge in [-0.3, -0.25) is 9.59 Å². The van der Waals surface area contributed by atoms with Gasteiger partial charge in [0.1, 0.15) is 11.6 Å². The van der Waals surface area contributed by atoms with Crippen molar-refractivity contribution < 1.29 is 18.7 Å². The van der Waals surface area contributed by atoms with Gasteiger partial charge in [0, 0.05) is 12.6 Å². The number of carbonyl (C=O) groups excluding carboxylic acids is 2. The minimum absolute atomic E-state index is 0.0549. The number of carbonyl (C=O) groups is 2. The normalized spacial score (nSPS) is 18.0. The molecule has 37 heavy (non-hydrogen) atoms. The largest absolute Gasteiger partial charge is 0.497 e. The Morgan fingerprint density at radius 1 is 1.00 bits per heavy atom. The van der Waals surface area contributed by atoms with Crippen LogP contribution in [0.3, 0.4) is 0 Å². The average Bonchev–Trinajstić information content (AvgIpc) is 3.05. The molecule has 1 aliphatic heterocycles. The van der Waals surface area contributed by atoms with Crippen LogP contribution < -0.4 is 10.1 Å². The number of hydrogen-bond acceptors (Lipinski definition) is 4. The van der Waals surface area contributed by atoms with E-state index in [0.717, 1.165) is 37.7 Å². The molecule has 3 aromatic carbocycles. The molecule has 190 valence electrons. The van der Waals surface area contributed by atoms with E-state index in [1.54, 1.807) is 42.3 Å². The standard InChI is InChI=1S/C30H30FN3O3/c1-37-24-17-11-20(12-18-24)19-34-28(29(35)32-23-7-3-2-4-8-23)27(21-13-15-22(31)16-14-21)33-26-10-6-5-9-25(26)30(34)36/h5-6,9-18,23,28H,2-4,7-8,19H2,1H3,(H,32,35). The Morgan fingerprint density at radius 3 is 2.41 bits per heavy atom. The lowest BCUT2D eigenvalue weighted by atomic mass is 9.94. The summed E-state index contributed by atoms with van der Waals surface area (Å²) in [5, 5.41) is 3.20. The lowest BCUT2D eigenvalue weighted by Crippen LogP contribution is -2.55. The van der Waals surface area contributed by atoms with Gasteiger partial charge in [-0.05, 0) is 60.4 Å². The van der Waals surface area contributed by atoms with Crippen LogP contribution in [-0.2, 0) is 11.3 Å². The molecule has 1 fully saturated rings. The molecule has 2 aliphatic rings. The lowest BCUT2D eigenvalue weighted by Gasteiger charge is -2.33. The number of ether oxygens (including phenoxy) is 1. The molecule has 2 amide bonds. The zero-order valence-corrected chi connectivity index (χ0v) is 20.8. The van der Waals surface area contributed by atoms with Crippen LogP contribution >= 0.6 is 0 Å². The molecular formula is C30H30FN3O3. The molecule has 3 aromatic rings. The molecule has 0 radical (unpaired) electrons. The van der Waals surface area contributed by atoms with Gasteiger partial charge in [0.15, 0.2) is 6.04 Å². The van der Waals surface area contributed by atoms with E-state index in [-0.39, 0.29) is 30.2 Å². The highest BCUT2D eigenvalue weighted by Gasteiger charge is 2.39. The molecular weight excluding hydrogens is 469 g/mol. The fourth-order valence-electron chi connectivity index (χ4n) is 5.09. The van der Waals surface area contributed by atoms with Gasteiger partial charge in [0.25, 0.3) is 5.91 Å². The fourth-order valence-corrected chi connectivity index (χ4v) is 5.09. The van der Waals surface area contributed by atoms with E-state index in [2.05, 4.69) is 5.32 Å². The van der Waals surface area contributed by atoms with Gasteiger partial charge in [0.2, 0.25) is 5.91 Å². The van der Waals surface area contributed by atoms with Gasteiger partial charge < -0.3 is 15.0 Å². The van der Waals surface area contributed by atoms with Gasteiger partial charge in [-0.15, -0.1) is 0 Å². The topological polar surface area (TPSA) is 71.0 Å². The maximum Gasteiger partial charge on any atom is 0.257 e. The van der Waals surface area contributed by atoms with E-state index in [1.807, 2.05) is 30.3 Å². The summed E-state index contributed by atoms with van der Waals surface area (Å²) >= 11 is 0. The van der Waals surface area contributed by atoms with E-state index >= 15 is 0 Å². The second-order valence-corrected chi connectivity index (χ2v) is 9.55. The Hall–Kier alpha value is -4.00. The van der Waals surface area contributed by atoms with E-state index in [9.17, 15) is 14.0 Å². The summed E-state index contributed by atoms with van der Waals surface area (Å²) in [5.41, 5.74) is 2.76. The van der Waals surface area contributed by atoms with Crippen LogP contribution in [0.25, 0.3) is 0 Å². The predicted octanol–water partition coefficient (Wildman–Crippen LogP) is 5.43. The number of nitrogens with zero attached hydrogens (tertiary/aromatic N) is 2. The Balaban J connectivity index is 1.61. The number of rotatable bonds is 6. The molecule has 6 nitrogen and oxygen atoms in total. The maximum absolute atomic E-state index is 14.0. The number of methoxy groups -OCH3 is 1. The smallest absolute Gasteiger partial charge is 0.257 e. The van der Waals surface area contributed by atoms with Crippen molar-refractivity contribution in [3.05, 3.63) is 95.3 Å². The van der Waals surface area contributed by atoms with Gasteiger partial charge in [0.05, 0.1) is 24.1 Å². The second-order valence-electron chi connectivity index (χ2n) is 9.55. The zero-order chi connectivity index (χ0) is 25.8. The van der Waals surface area contributed by atoms with Crippen LogP contribution in [0.2, 0.25) is 0 Å². The van der Waals surface area contributed by atoms with Crippen molar-refractivity contribution in [2.45, 2.75) is 50.7 Å². The molecule has 5 rings (SSSR count). The first-order valence-corrected chi connectivity index (χ1v) is 12.7. The first kappa shape index (κ1) is 24.7. The summed E-state index contributed by atoms with van der Waals surface area (Å²) in [5.74, 6) is -0.232. The molecule has 1 heterocycles. The van der Waals surface area contributed by atoms with E-state index in [4.69, 9.17) is 9.73 Å². The molecule has 0 spiro atoms. The minimum Gasteiger partial charge on any atom is -0.497 e.